The molecule has 2 aromatic carbocycles. The Labute approximate surface area is 94.5 Å². The number of halogens is 1. The fourth-order valence-electron chi connectivity index (χ4n) is 1.58. The standard InChI is InChI=1S/C14H13FO/c1-2-16-14-8-6-11(7-9-14)12-4-3-5-13(15)10-12/h3-10H,2H2,1H3. The van der Waals surface area contributed by atoms with Crippen molar-refractivity contribution < 1.29 is 9.13 Å². The molecule has 2 rings (SSSR count). The monoisotopic (exact) mass is 216 g/mol. The Balaban J connectivity index is 2.27. The second kappa shape index (κ2) is 4.79. The molecule has 0 aliphatic rings. The topological polar surface area (TPSA) is 9.23 Å². The molecule has 0 fully saturated rings. The Morgan fingerprint density at radius 1 is 1.00 bits per heavy atom. The number of ether oxygens (including phenoxy) is 1. The molecule has 0 radical (unpaired) electrons. The van der Waals surface area contributed by atoms with Crippen molar-refractivity contribution in [2.75, 3.05) is 6.61 Å². The minimum Gasteiger partial charge on any atom is -0.494 e. The first-order valence-corrected chi connectivity index (χ1v) is 5.28. The van der Waals surface area contributed by atoms with Crippen molar-refractivity contribution in [2.24, 2.45) is 0 Å². The molecule has 0 N–H and O–H groups in total. The molecule has 2 heteroatoms. The van der Waals surface area contributed by atoms with Gasteiger partial charge in [-0.15, -0.1) is 0 Å². The van der Waals surface area contributed by atoms with Gasteiger partial charge in [0.1, 0.15) is 11.6 Å². The summed E-state index contributed by atoms with van der Waals surface area (Å²) in [5, 5.41) is 0. The third kappa shape index (κ3) is 2.40. The van der Waals surface area contributed by atoms with Crippen LogP contribution in [0.4, 0.5) is 4.39 Å². The lowest BCUT2D eigenvalue weighted by Gasteiger charge is -2.05. The lowest BCUT2D eigenvalue weighted by atomic mass is 10.1. The molecule has 82 valence electrons. The second-order valence-electron chi connectivity index (χ2n) is 3.47. The summed E-state index contributed by atoms with van der Waals surface area (Å²) in [6, 6.07) is 14.2. The van der Waals surface area contributed by atoms with E-state index in [0.717, 1.165) is 16.9 Å². The van der Waals surface area contributed by atoms with Gasteiger partial charge in [-0.2, -0.15) is 0 Å². The molecule has 2 aromatic rings. The predicted octanol–water partition coefficient (Wildman–Crippen LogP) is 3.89. The van der Waals surface area contributed by atoms with Crippen molar-refractivity contribution in [2.45, 2.75) is 6.92 Å². The van der Waals surface area contributed by atoms with Gasteiger partial charge in [-0.1, -0.05) is 24.3 Å². The van der Waals surface area contributed by atoms with Gasteiger partial charge in [-0.25, -0.2) is 4.39 Å². The Morgan fingerprint density at radius 2 is 1.75 bits per heavy atom. The third-order valence-corrected chi connectivity index (χ3v) is 2.32. The van der Waals surface area contributed by atoms with Crippen LogP contribution in [0.15, 0.2) is 48.5 Å². The van der Waals surface area contributed by atoms with Crippen LogP contribution in [0.3, 0.4) is 0 Å². The van der Waals surface area contributed by atoms with Crippen LogP contribution in [-0.2, 0) is 0 Å². The molecule has 0 saturated heterocycles. The summed E-state index contributed by atoms with van der Waals surface area (Å²) in [4.78, 5) is 0. The van der Waals surface area contributed by atoms with E-state index < -0.39 is 0 Å². The van der Waals surface area contributed by atoms with Gasteiger partial charge in [0, 0.05) is 0 Å². The van der Waals surface area contributed by atoms with E-state index in [0.29, 0.717) is 6.61 Å². The van der Waals surface area contributed by atoms with Crippen LogP contribution in [0.2, 0.25) is 0 Å². The number of hydrogen-bond donors (Lipinski definition) is 0. The Bertz CT molecular complexity index is 462. The molecule has 1 nitrogen and oxygen atoms in total. The van der Waals surface area contributed by atoms with Crippen LogP contribution in [0.25, 0.3) is 11.1 Å². The molecule has 0 bridgehead atoms. The number of rotatable bonds is 3. The minimum absolute atomic E-state index is 0.216. The molecule has 0 unspecified atom stereocenters. The van der Waals surface area contributed by atoms with Gasteiger partial charge in [0.15, 0.2) is 0 Å². The maximum Gasteiger partial charge on any atom is 0.123 e. The highest BCUT2D eigenvalue weighted by Gasteiger charge is 1.99. The molecule has 0 aromatic heterocycles. The maximum absolute atomic E-state index is 13.0. The van der Waals surface area contributed by atoms with Gasteiger partial charge in [0.25, 0.3) is 0 Å². The quantitative estimate of drug-likeness (QED) is 0.756. The van der Waals surface area contributed by atoms with Gasteiger partial charge in [0.2, 0.25) is 0 Å². The Hall–Kier alpha value is -1.83. The zero-order chi connectivity index (χ0) is 11.4. The van der Waals surface area contributed by atoms with Crippen molar-refractivity contribution >= 4 is 0 Å². The predicted molar refractivity (Wildman–Crippen MR) is 63.0 cm³/mol. The zero-order valence-corrected chi connectivity index (χ0v) is 9.11. The molecular formula is C14H13FO. The van der Waals surface area contributed by atoms with E-state index in [1.165, 1.54) is 12.1 Å². The average Bonchev–Trinajstić information content (AvgIpc) is 2.30. The molecule has 0 saturated carbocycles. The highest BCUT2D eigenvalue weighted by molar-refractivity contribution is 5.64. The molecule has 16 heavy (non-hydrogen) atoms. The molecular weight excluding hydrogens is 203 g/mol. The molecule has 0 aliphatic heterocycles. The molecule has 0 heterocycles. The summed E-state index contributed by atoms with van der Waals surface area (Å²) in [6.45, 7) is 2.60. The van der Waals surface area contributed by atoms with Crippen LogP contribution in [0.5, 0.6) is 5.75 Å². The molecule has 0 amide bonds. The number of benzene rings is 2. The summed E-state index contributed by atoms with van der Waals surface area (Å²) >= 11 is 0. The van der Waals surface area contributed by atoms with Gasteiger partial charge in [0.05, 0.1) is 6.61 Å². The zero-order valence-electron chi connectivity index (χ0n) is 9.11. The van der Waals surface area contributed by atoms with Crippen molar-refractivity contribution in [3.63, 3.8) is 0 Å². The fourth-order valence-corrected chi connectivity index (χ4v) is 1.58. The fraction of sp³-hybridized carbons (Fsp3) is 0.143. The normalized spacial score (nSPS) is 10.1. The van der Waals surface area contributed by atoms with Crippen LogP contribution < -0.4 is 4.74 Å². The van der Waals surface area contributed by atoms with Gasteiger partial charge < -0.3 is 4.74 Å². The van der Waals surface area contributed by atoms with Crippen molar-refractivity contribution in [1.82, 2.24) is 0 Å². The van der Waals surface area contributed by atoms with Crippen LogP contribution in [-0.4, -0.2) is 6.61 Å². The molecule has 0 spiro atoms. The van der Waals surface area contributed by atoms with E-state index in [1.54, 1.807) is 6.07 Å². The van der Waals surface area contributed by atoms with E-state index in [9.17, 15) is 4.39 Å². The molecule has 0 atom stereocenters. The van der Waals surface area contributed by atoms with Crippen LogP contribution in [0, 0.1) is 5.82 Å². The smallest absolute Gasteiger partial charge is 0.123 e. The first-order chi connectivity index (χ1) is 7.79. The Morgan fingerprint density at radius 3 is 2.38 bits per heavy atom. The van der Waals surface area contributed by atoms with E-state index in [-0.39, 0.29) is 5.82 Å². The summed E-state index contributed by atoms with van der Waals surface area (Å²) in [7, 11) is 0. The first-order valence-electron chi connectivity index (χ1n) is 5.28. The summed E-state index contributed by atoms with van der Waals surface area (Å²) in [6.07, 6.45) is 0. The van der Waals surface area contributed by atoms with Crippen LogP contribution in [0.1, 0.15) is 6.92 Å². The van der Waals surface area contributed by atoms with E-state index in [2.05, 4.69) is 0 Å². The van der Waals surface area contributed by atoms with E-state index >= 15 is 0 Å². The number of hydrogen-bond acceptors (Lipinski definition) is 1. The van der Waals surface area contributed by atoms with Gasteiger partial charge in [-0.3, -0.25) is 0 Å². The van der Waals surface area contributed by atoms with Crippen molar-refractivity contribution in [1.29, 1.82) is 0 Å². The highest BCUT2D eigenvalue weighted by Crippen LogP contribution is 2.22. The van der Waals surface area contributed by atoms with Crippen LogP contribution >= 0.6 is 0 Å². The SMILES string of the molecule is CCOc1ccc(-c2cccc(F)c2)cc1. The van der Waals surface area contributed by atoms with Crippen molar-refractivity contribution in [3.8, 4) is 16.9 Å². The Kier molecular flexibility index (Phi) is 3.20. The average molecular weight is 216 g/mol. The van der Waals surface area contributed by atoms with E-state index in [1.807, 2.05) is 37.3 Å². The van der Waals surface area contributed by atoms with Gasteiger partial charge >= 0.3 is 0 Å². The van der Waals surface area contributed by atoms with Crippen molar-refractivity contribution in [3.05, 3.63) is 54.3 Å². The first kappa shape index (κ1) is 10.7. The highest BCUT2D eigenvalue weighted by atomic mass is 19.1. The molecule has 0 aliphatic carbocycles. The summed E-state index contributed by atoms with van der Waals surface area (Å²) < 4.78 is 18.4. The van der Waals surface area contributed by atoms with Gasteiger partial charge in [-0.05, 0) is 42.3 Å². The lowest BCUT2D eigenvalue weighted by Crippen LogP contribution is -1.90. The summed E-state index contributed by atoms with van der Waals surface area (Å²) in [5.74, 6) is 0.619. The van der Waals surface area contributed by atoms with E-state index in [4.69, 9.17) is 4.74 Å². The third-order valence-electron chi connectivity index (χ3n) is 2.32. The summed E-state index contributed by atoms with van der Waals surface area (Å²) in [5.41, 5.74) is 1.87. The second-order valence-corrected chi connectivity index (χ2v) is 3.47. The minimum atomic E-state index is -0.216. The largest absolute Gasteiger partial charge is 0.494 e. The maximum atomic E-state index is 13.0. The lowest BCUT2D eigenvalue weighted by molar-refractivity contribution is 0.340.